The minimum atomic E-state index is -0.320. The topological polar surface area (TPSA) is 99.3 Å². The highest BCUT2D eigenvalue weighted by Gasteiger charge is 2.53. The van der Waals surface area contributed by atoms with Gasteiger partial charge in [-0.1, -0.05) is 36.4 Å². The van der Waals surface area contributed by atoms with Crippen LogP contribution in [0, 0.1) is 5.41 Å². The molecular weight excluding hydrogens is 400 g/mol. The second-order valence-corrected chi connectivity index (χ2v) is 7.96. The van der Waals surface area contributed by atoms with E-state index in [1.807, 2.05) is 29.2 Å². The first kappa shape index (κ1) is 21.8. The number of hydrogen-bond acceptors (Lipinski definition) is 3. The van der Waals surface area contributed by atoms with Gasteiger partial charge in [-0.25, -0.2) is 0 Å². The second kappa shape index (κ2) is 8.88. The fourth-order valence-corrected chi connectivity index (χ4v) is 4.03. The van der Waals surface area contributed by atoms with Crippen LogP contribution in [0.5, 0.6) is 0 Å². The Morgan fingerprint density at radius 3 is 2.27 bits per heavy atom. The molecule has 2 amide bonds. The Hall–Kier alpha value is -2.86. The Morgan fingerprint density at radius 2 is 1.67 bits per heavy atom. The van der Waals surface area contributed by atoms with Crippen molar-refractivity contribution in [1.29, 1.82) is 5.41 Å². The van der Waals surface area contributed by atoms with Crippen LogP contribution in [0.3, 0.4) is 0 Å². The maximum absolute atomic E-state index is 12.9. The predicted octanol–water partition coefficient (Wildman–Crippen LogP) is 2.98. The maximum Gasteiger partial charge on any atom is 0.251 e. The molecule has 0 aromatic heterocycles. The summed E-state index contributed by atoms with van der Waals surface area (Å²) in [6.45, 7) is 2.17. The molecule has 2 aromatic carbocycles. The van der Waals surface area contributed by atoms with E-state index in [0.29, 0.717) is 17.7 Å². The number of halogens is 1. The van der Waals surface area contributed by atoms with Crippen LogP contribution >= 0.6 is 12.4 Å². The van der Waals surface area contributed by atoms with E-state index in [0.717, 1.165) is 49.9 Å². The van der Waals surface area contributed by atoms with E-state index in [-0.39, 0.29) is 35.5 Å². The largest absolute Gasteiger partial charge is 0.384 e. The SMILES string of the molecule is Cl.N=C(N)c1cccc(C(=O)NCc2ccc(C3(C(=O)N4CCCC4)CC3)cc2)c1. The number of benzene rings is 2. The third kappa shape index (κ3) is 4.33. The number of carbonyl (C=O) groups excluding carboxylic acids is 2. The van der Waals surface area contributed by atoms with E-state index in [1.165, 1.54) is 0 Å². The van der Waals surface area contributed by atoms with Gasteiger partial charge in [0, 0.05) is 30.8 Å². The van der Waals surface area contributed by atoms with Gasteiger partial charge in [-0.05, 0) is 48.9 Å². The average Bonchev–Trinajstić information content (AvgIpc) is 3.37. The van der Waals surface area contributed by atoms with Gasteiger partial charge in [-0.15, -0.1) is 12.4 Å². The van der Waals surface area contributed by atoms with E-state index >= 15 is 0 Å². The van der Waals surface area contributed by atoms with Gasteiger partial charge in [0.15, 0.2) is 0 Å². The van der Waals surface area contributed by atoms with Gasteiger partial charge in [-0.2, -0.15) is 0 Å². The quantitative estimate of drug-likeness (QED) is 0.489. The van der Waals surface area contributed by atoms with Gasteiger partial charge in [0.25, 0.3) is 5.91 Å². The zero-order chi connectivity index (χ0) is 20.4. The number of amidine groups is 1. The number of nitrogen functional groups attached to an aromatic ring is 1. The molecule has 2 fully saturated rings. The van der Waals surface area contributed by atoms with Gasteiger partial charge in [-0.3, -0.25) is 15.0 Å². The molecule has 0 bridgehead atoms. The van der Waals surface area contributed by atoms with Crippen molar-refractivity contribution >= 4 is 30.1 Å². The van der Waals surface area contributed by atoms with Crippen molar-refractivity contribution in [2.45, 2.75) is 37.6 Å². The number of carbonyl (C=O) groups is 2. The molecule has 0 radical (unpaired) electrons. The van der Waals surface area contributed by atoms with Crippen molar-refractivity contribution < 1.29 is 9.59 Å². The average molecular weight is 427 g/mol. The Balaban J connectivity index is 0.00000256. The van der Waals surface area contributed by atoms with Crippen LogP contribution in [-0.2, 0) is 16.8 Å². The van der Waals surface area contributed by atoms with E-state index in [1.54, 1.807) is 24.3 Å². The zero-order valence-corrected chi connectivity index (χ0v) is 17.6. The molecule has 6 nitrogen and oxygen atoms in total. The van der Waals surface area contributed by atoms with Crippen LogP contribution in [0.25, 0.3) is 0 Å². The molecule has 158 valence electrons. The van der Waals surface area contributed by atoms with Crippen LogP contribution in [0.15, 0.2) is 48.5 Å². The number of nitrogens with zero attached hydrogens (tertiary/aromatic N) is 1. The monoisotopic (exact) mass is 426 g/mol. The van der Waals surface area contributed by atoms with Crippen molar-refractivity contribution in [2.24, 2.45) is 5.73 Å². The smallest absolute Gasteiger partial charge is 0.251 e. The van der Waals surface area contributed by atoms with Gasteiger partial charge >= 0.3 is 0 Å². The normalized spacial score (nSPS) is 16.5. The second-order valence-electron chi connectivity index (χ2n) is 7.96. The number of rotatable bonds is 6. The van der Waals surface area contributed by atoms with E-state index < -0.39 is 0 Å². The summed E-state index contributed by atoms with van der Waals surface area (Å²) < 4.78 is 0. The Labute approximate surface area is 182 Å². The highest BCUT2D eigenvalue weighted by molar-refractivity contribution is 6.00. The van der Waals surface area contributed by atoms with Crippen molar-refractivity contribution in [3.63, 3.8) is 0 Å². The lowest BCUT2D eigenvalue weighted by atomic mass is 9.93. The van der Waals surface area contributed by atoms with Crippen LogP contribution < -0.4 is 11.1 Å². The summed E-state index contributed by atoms with van der Waals surface area (Å²) in [5, 5.41) is 10.4. The molecule has 4 N–H and O–H groups in total. The fourth-order valence-electron chi connectivity index (χ4n) is 4.03. The number of amides is 2. The fraction of sp³-hybridized carbons (Fsp3) is 0.348. The lowest BCUT2D eigenvalue weighted by molar-refractivity contribution is -0.132. The van der Waals surface area contributed by atoms with E-state index in [2.05, 4.69) is 5.32 Å². The minimum Gasteiger partial charge on any atom is -0.384 e. The molecule has 1 aliphatic carbocycles. The van der Waals surface area contributed by atoms with Gasteiger partial charge in [0.05, 0.1) is 5.41 Å². The summed E-state index contributed by atoms with van der Waals surface area (Å²) >= 11 is 0. The molecule has 2 aromatic rings. The van der Waals surface area contributed by atoms with Crippen LogP contribution in [0.1, 0.15) is 52.7 Å². The van der Waals surface area contributed by atoms with Crippen molar-refractivity contribution in [3.8, 4) is 0 Å². The lowest BCUT2D eigenvalue weighted by Crippen LogP contribution is -2.37. The summed E-state index contributed by atoms with van der Waals surface area (Å²) in [5.41, 5.74) is 8.23. The first-order valence-corrected chi connectivity index (χ1v) is 10.1. The highest BCUT2D eigenvalue weighted by atomic mass is 35.5. The van der Waals surface area contributed by atoms with Gasteiger partial charge < -0.3 is 16.0 Å². The van der Waals surface area contributed by atoms with Gasteiger partial charge in [0.2, 0.25) is 5.91 Å². The summed E-state index contributed by atoms with van der Waals surface area (Å²) in [7, 11) is 0. The third-order valence-corrected chi connectivity index (χ3v) is 5.95. The van der Waals surface area contributed by atoms with Crippen molar-refractivity contribution in [1.82, 2.24) is 10.2 Å². The maximum atomic E-state index is 12.9. The van der Waals surface area contributed by atoms with E-state index in [9.17, 15) is 9.59 Å². The molecule has 1 aliphatic heterocycles. The van der Waals surface area contributed by atoms with Crippen LogP contribution in [0.4, 0.5) is 0 Å². The summed E-state index contributed by atoms with van der Waals surface area (Å²) in [6, 6.07) is 14.8. The Morgan fingerprint density at radius 1 is 1.03 bits per heavy atom. The first-order chi connectivity index (χ1) is 14.0. The summed E-state index contributed by atoms with van der Waals surface area (Å²) in [4.78, 5) is 27.3. The number of nitrogens with one attached hydrogen (secondary N) is 2. The van der Waals surface area contributed by atoms with Crippen molar-refractivity contribution in [3.05, 3.63) is 70.8 Å². The molecule has 1 heterocycles. The standard InChI is InChI=1S/C23H26N4O2.ClH/c24-20(25)17-4-3-5-18(14-17)21(28)26-15-16-6-8-19(9-7-16)23(10-11-23)22(29)27-12-1-2-13-27;/h3-9,14H,1-2,10-13,15H2,(H3,24,25)(H,26,28);1H. The van der Waals surface area contributed by atoms with E-state index in [4.69, 9.17) is 11.1 Å². The number of likely N-dealkylation sites (tertiary alicyclic amines) is 1. The Bertz CT molecular complexity index is 948. The predicted molar refractivity (Wildman–Crippen MR) is 119 cm³/mol. The molecule has 7 heteroatoms. The lowest BCUT2D eigenvalue weighted by Gasteiger charge is -2.23. The Kier molecular flexibility index (Phi) is 6.46. The molecule has 4 rings (SSSR count). The minimum absolute atomic E-state index is 0. The number of hydrogen-bond donors (Lipinski definition) is 3. The molecule has 0 atom stereocenters. The molecule has 0 spiro atoms. The summed E-state index contributed by atoms with van der Waals surface area (Å²) in [5.74, 6) is 0.00850. The van der Waals surface area contributed by atoms with Crippen LogP contribution in [0.2, 0.25) is 0 Å². The highest BCUT2D eigenvalue weighted by Crippen LogP contribution is 2.50. The van der Waals surface area contributed by atoms with Crippen molar-refractivity contribution in [2.75, 3.05) is 13.1 Å². The number of nitrogens with two attached hydrogens (primary N) is 1. The molecule has 1 saturated heterocycles. The molecule has 1 saturated carbocycles. The zero-order valence-electron chi connectivity index (χ0n) is 16.8. The third-order valence-electron chi connectivity index (χ3n) is 5.95. The molecule has 0 unspecified atom stereocenters. The molecule has 30 heavy (non-hydrogen) atoms. The first-order valence-electron chi connectivity index (χ1n) is 10.1. The molecular formula is C23H27ClN4O2. The molecule has 2 aliphatic rings. The van der Waals surface area contributed by atoms with Gasteiger partial charge in [0.1, 0.15) is 5.84 Å². The van der Waals surface area contributed by atoms with Crippen LogP contribution in [-0.4, -0.2) is 35.6 Å². The summed E-state index contributed by atoms with van der Waals surface area (Å²) in [6.07, 6.45) is 4.06.